The molecule has 2 fully saturated rings. The van der Waals surface area contributed by atoms with Crippen molar-refractivity contribution in [1.82, 2.24) is 5.32 Å². The second-order valence-electron chi connectivity index (χ2n) is 7.40. The minimum Gasteiger partial charge on any atom is -0.399 e. The van der Waals surface area contributed by atoms with E-state index in [-0.39, 0.29) is 18.3 Å². The molecular weight excluding hydrogens is 261 g/mol. The summed E-state index contributed by atoms with van der Waals surface area (Å²) in [6.07, 6.45) is 2.79. The summed E-state index contributed by atoms with van der Waals surface area (Å²) >= 11 is 0. The van der Waals surface area contributed by atoms with E-state index in [0.717, 1.165) is 24.5 Å². The molecule has 2 aliphatic rings. The zero-order valence-electron chi connectivity index (χ0n) is 13.6. The highest BCUT2D eigenvalue weighted by molar-refractivity contribution is 6.62. The molecule has 1 heterocycles. The van der Waals surface area contributed by atoms with Crippen molar-refractivity contribution in [2.45, 2.75) is 58.3 Å². The summed E-state index contributed by atoms with van der Waals surface area (Å²) in [5, 5.41) is 3.52. The van der Waals surface area contributed by atoms with Gasteiger partial charge in [-0.25, -0.2) is 0 Å². The molecule has 1 aliphatic carbocycles. The molecule has 0 radical (unpaired) electrons. The lowest BCUT2D eigenvalue weighted by atomic mass is 9.79. The topological polar surface area (TPSA) is 30.5 Å². The summed E-state index contributed by atoms with van der Waals surface area (Å²) in [7, 11) is -0.261. The third-order valence-electron chi connectivity index (χ3n) is 4.96. The third-order valence-corrected chi connectivity index (χ3v) is 4.96. The summed E-state index contributed by atoms with van der Waals surface area (Å²) in [6.45, 7) is 10.4. The number of nitrogens with one attached hydrogen (secondary N) is 1. The van der Waals surface area contributed by atoms with Gasteiger partial charge < -0.3 is 14.6 Å². The lowest BCUT2D eigenvalue weighted by Crippen LogP contribution is -2.41. The van der Waals surface area contributed by atoms with E-state index < -0.39 is 0 Å². The molecule has 0 amide bonds. The van der Waals surface area contributed by atoms with Gasteiger partial charge in [0.1, 0.15) is 0 Å². The Morgan fingerprint density at radius 2 is 1.62 bits per heavy atom. The van der Waals surface area contributed by atoms with Gasteiger partial charge in [0.25, 0.3) is 0 Å². The molecule has 21 heavy (non-hydrogen) atoms. The van der Waals surface area contributed by atoms with E-state index in [4.69, 9.17) is 9.31 Å². The normalized spacial score (nSPS) is 23.5. The Kier molecular flexibility index (Phi) is 3.89. The molecule has 4 heteroatoms. The summed E-state index contributed by atoms with van der Waals surface area (Å²) in [6, 6.07) is 8.58. The predicted molar refractivity (Wildman–Crippen MR) is 86.6 cm³/mol. The minimum absolute atomic E-state index is 0.261. The molecule has 0 unspecified atom stereocenters. The van der Waals surface area contributed by atoms with Gasteiger partial charge in [-0.3, -0.25) is 0 Å². The smallest absolute Gasteiger partial charge is 0.399 e. The van der Waals surface area contributed by atoms with Gasteiger partial charge in [0, 0.05) is 6.54 Å². The highest BCUT2D eigenvalue weighted by atomic mass is 16.7. The molecule has 1 aliphatic heterocycles. The Labute approximate surface area is 128 Å². The van der Waals surface area contributed by atoms with Gasteiger partial charge in [0.2, 0.25) is 0 Å². The second kappa shape index (κ2) is 5.42. The third kappa shape index (κ3) is 3.33. The van der Waals surface area contributed by atoms with E-state index in [2.05, 4.69) is 57.3 Å². The van der Waals surface area contributed by atoms with Crippen molar-refractivity contribution in [2.24, 2.45) is 5.92 Å². The van der Waals surface area contributed by atoms with Gasteiger partial charge in [-0.05, 0) is 64.0 Å². The van der Waals surface area contributed by atoms with E-state index in [1.54, 1.807) is 0 Å². The van der Waals surface area contributed by atoms with Crippen LogP contribution in [0.5, 0.6) is 0 Å². The molecule has 3 nitrogen and oxygen atoms in total. The van der Waals surface area contributed by atoms with E-state index in [1.807, 2.05) is 0 Å². The summed E-state index contributed by atoms with van der Waals surface area (Å²) in [4.78, 5) is 0. The fourth-order valence-corrected chi connectivity index (χ4v) is 2.51. The largest absolute Gasteiger partial charge is 0.494 e. The van der Waals surface area contributed by atoms with E-state index >= 15 is 0 Å². The van der Waals surface area contributed by atoms with Crippen molar-refractivity contribution in [1.29, 1.82) is 0 Å². The number of rotatable bonds is 5. The Morgan fingerprint density at radius 1 is 1.05 bits per heavy atom. The zero-order chi connectivity index (χ0) is 15.1. The zero-order valence-corrected chi connectivity index (χ0v) is 13.6. The molecule has 1 saturated carbocycles. The van der Waals surface area contributed by atoms with Gasteiger partial charge in [0.05, 0.1) is 11.2 Å². The fourth-order valence-electron chi connectivity index (χ4n) is 2.51. The van der Waals surface area contributed by atoms with Crippen LogP contribution in [0.3, 0.4) is 0 Å². The summed E-state index contributed by atoms with van der Waals surface area (Å²) in [5.41, 5.74) is 1.86. The first-order valence-electron chi connectivity index (χ1n) is 8.03. The van der Waals surface area contributed by atoms with Crippen LogP contribution in [-0.2, 0) is 15.9 Å². The van der Waals surface area contributed by atoms with Crippen molar-refractivity contribution in [3.63, 3.8) is 0 Å². The molecule has 0 aromatic heterocycles. The molecule has 1 N–H and O–H groups in total. The van der Waals surface area contributed by atoms with Crippen LogP contribution in [0.2, 0.25) is 0 Å². The van der Waals surface area contributed by atoms with Crippen LogP contribution in [0, 0.1) is 5.92 Å². The van der Waals surface area contributed by atoms with E-state index in [1.165, 1.54) is 18.4 Å². The van der Waals surface area contributed by atoms with Gasteiger partial charge in [-0.2, -0.15) is 0 Å². The van der Waals surface area contributed by atoms with Crippen LogP contribution in [-0.4, -0.2) is 24.9 Å². The lowest BCUT2D eigenvalue weighted by molar-refractivity contribution is 0.00578. The molecule has 114 valence electrons. The number of hydrogen-bond donors (Lipinski definition) is 1. The van der Waals surface area contributed by atoms with Crippen molar-refractivity contribution in [3.05, 3.63) is 29.8 Å². The van der Waals surface area contributed by atoms with E-state index in [0.29, 0.717) is 0 Å². The van der Waals surface area contributed by atoms with Crippen LogP contribution in [0.25, 0.3) is 0 Å². The van der Waals surface area contributed by atoms with Crippen LogP contribution >= 0.6 is 0 Å². The van der Waals surface area contributed by atoms with Crippen LogP contribution in [0.15, 0.2) is 24.3 Å². The van der Waals surface area contributed by atoms with Crippen molar-refractivity contribution >= 4 is 12.6 Å². The van der Waals surface area contributed by atoms with Crippen LogP contribution < -0.4 is 10.8 Å². The average molecular weight is 287 g/mol. The highest BCUT2D eigenvalue weighted by Crippen LogP contribution is 2.36. The van der Waals surface area contributed by atoms with Crippen LogP contribution in [0.1, 0.15) is 46.1 Å². The minimum atomic E-state index is -0.276. The predicted octanol–water partition coefficient (Wildman–Crippen LogP) is 2.49. The molecular formula is C17H26BNO2. The van der Waals surface area contributed by atoms with Gasteiger partial charge in [-0.15, -0.1) is 0 Å². The maximum atomic E-state index is 6.07. The SMILES string of the molecule is CC1(C)OB(c2ccc(CNCC3CC3)cc2)OC1(C)C. The second-order valence-corrected chi connectivity index (χ2v) is 7.40. The first kappa shape index (κ1) is 15.1. The molecule has 1 saturated heterocycles. The molecule has 1 aromatic rings. The first-order valence-corrected chi connectivity index (χ1v) is 8.03. The monoisotopic (exact) mass is 287 g/mol. The Hall–Kier alpha value is -0.835. The Balaban J connectivity index is 1.59. The Morgan fingerprint density at radius 3 is 2.14 bits per heavy atom. The van der Waals surface area contributed by atoms with E-state index in [9.17, 15) is 0 Å². The quantitative estimate of drug-likeness (QED) is 0.844. The molecule has 1 aromatic carbocycles. The Bertz CT molecular complexity index is 478. The average Bonchev–Trinajstić information content (AvgIpc) is 3.18. The van der Waals surface area contributed by atoms with Crippen molar-refractivity contribution < 1.29 is 9.31 Å². The van der Waals surface area contributed by atoms with Crippen LogP contribution in [0.4, 0.5) is 0 Å². The first-order chi connectivity index (χ1) is 9.87. The summed E-state index contributed by atoms with van der Waals surface area (Å²) in [5.74, 6) is 0.925. The standard InChI is InChI=1S/C17H26BNO2/c1-16(2)17(3,4)21-18(20-16)15-9-7-14(8-10-15)12-19-11-13-5-6-13/h7-10,13,19H,5-6,11-12H2,1-4H3. The van der Waals surface area contributed by atoms with Gasteiger partial charge in [0.15, 0.2) is 0 Å². The molecule has 0 bridgehead atoms. The number of benzene rings is 1. The molecule has 0 atom stereocenters. The maximum Gasteiger partial charge on any atom is 0.494 e. The number of hydrogen-bond acceptors (Lipinski definition) is 3. The fraction of sp³-hybridized carbons (Fsp3) is 0.647. The maximum absolute atomic E-state index is 6.07. The summed E-state index contributed by atoms with van der Waals surface area (Å²) < 4.78 is 12.1. The van der Waals surface area contributed by atoms with Gasteiger partial charge >= 0.3 is 7.12 Å². The molecule has 3 rings (SSSR count). The van der Waals surface area contributed by atoms with Crippen molar-refractivity contribution in [2.75, 3.05) is 6.54 Å². The molecule has 0 spiro atoms. The lowest BCUT2D eigenvalue weighted by Gasteiger charge is -2.32. The van der Waals surface area contributed by atoms with Crippen molar-refractivity contribution in [3.8, 4) is 0 Å². The highest BCUT2D eigenvalue weighted by Gasteiger charge is 2.51. The van der Waals surface area contributed by atoms with Gasteiger partial charge in [-0.1, -0.05) is 24.3 Å².